The van der Waals surface area contributed by atoms with Crippen LogP contribution >= 0.6 is 0 Å². The van der Waals surface area contributed by atoms with Crippen LogP contribution < -0.4 is 0 Å². The van der Waals surface area contributed by atoms with Crippen LogP contribution in [0.5, 0.6) is 0 Å². The van der Waals surface area contributed by atoms with Gasteiger partial charge in [-0.2, -0.15) is 26.3 Å². The van der Waals surface area contributed by atoms with Crippen molar-refractivity contribution in [1.29, 1.82) is 10.5 Å². The maximum atomic E-state index is 16.5. The van der Waals surface area contributed by atoms with Crippen LogP contribution in [0.1, 0.15) is 33.4 Å². The van der Waals surface area contributed by atoms with Crippen LogP contribution in [0.3, 0.4) is 0 Å². The number of nitriles is 2. The molecule has 2 aliphatic carbocycles. The van der Waals surface area contributed by atoms with Gasteiger partial charge in [0.2, 0.25) is 0 Å². The van der Waals surface area contributed by atoms with Gasteiger partial charge in [-0.3, -0.25) is 0 Å². The summed E-state index contributed by atoms with van der Waals surface area (Å²) in [6.45, 7) is 14.6. The summed E-state index contributed by atoms with van der Waals surface area (Å²) in [7, 11) is 0. The molecule has 2 aliphatic rings. The quantitative estimate of drug-likeness (QED) is 0.111. The van der Waals surface area contributed by atoms with Crippen molar-refractivity contribution in [3.63, 3.8) is 0 Å². The Morgan fingerprint density at radius 2 is 0.950 bits per heavy atom. The van der Waals surface area contributed by atoms with Crippen molar-refractivity contribution in [3.8, 4) is 34.4 Å². The van der Waals surface area contributed by atoms with Crippen LogP contribution in [0.4, 0.5) is 35.1 Å². The van der Waals surface area contributed by atoms with Gasteiger partial charge in [0, 0.05) is 33.4 Å². The average molecular weight is 550 g/mol. The molecule has 0 aliphatic heterocycles. The van der Waals surface area contributed by atoms with Gasteiger partial charge in [0.1, 0.15) is 11.6 Å². The lowest BCUT2D eigenvalue weighted by Crippen LogP contribution is -2.05. The minimum Gasteiger partial charge on any atom is -0.226 e. The summed E-state index contributed by atoms with van der Waals surface area (Å²) in [5, 5.41) is 19.0. The summed E-state index contributed by atoms with van der Waals surface area (Å²) < 4.78 is 114. The van der Waals surface area contributed by atoms with Crippen molar-refractivity contribution in [2.24, 2.45) is 0 Å². The van der Waals surface area contributed by atoms with E-state index >= 15 is 8.78 Å². The number of halogens is 8. The first kappa shape index (κ1) is 26.2. The van der Waals surface area contributed by atoms with Gasteiger partial charge in [0.25, 0.3) is 11.4 Å². The molecule has 0 saturated carbocycles. The minimum atomic E-state index is -4.89. The van der Waals surface area contributed by atoms with Crippen LogP contribution in [0.2, 0.25) is 0 Å². The molecule has 3 aromatic rings. The monoisotopic (exact) mass is 550 g/mol. The first-order chi connectivity index (χ1) is 18.8. The van der Waals surface area contributed by atoms with Crippen molar-refractivity contribution in [2.45, 2.75) is 12.4 Å². The Balaban J connectivity index is 1.99. The molecule has 194 valence electrons. The molecule has 0 radical (unpaired) electrons. The fourth-order valence-electron chi connectivity index (χ4n) is 4.99. The Morgan fingerprint density at radius 1 is 0.600 bits per heavy atom. The standard InChI is InChI=1S/C28H6F8N4/c1-39-17(9-37)19-15-7-11(27(31,32)33)3-5-13(15)21-23(19)25(29)22-14-6-4-12(28(34,35)36)8-16(14)20(18(10-38)40-2)24(22)26(21)30/h3-8H/b19-17-,20-18+. The van der Waals surface area contributed by atoms with Gasteiger partial charge >= 0.3 is 12.4 Å². The topological polar surface area (TPSA) is 56.3 Å². The third-order valence-electron chi connectivity index (χ3n) is 6.56. The van der Waals surface area contributed by atoms with Crippen LogP contribution in [0.25, 0.3) is 43.1 Å². The van der Waals surface area contributed by atoms with Crippen molar-refractivity contribution in [1.82, 2.24) is 0 Å². The molecule has 0 heterocycles. The summed E-state index contributed by atoms with van der Waals surface area (Å²) in [5.74, 6) is -2.69. The van der Waals surface area contributed by atoms with Crippen molar-refractivity contribution >= 4 is 11.1 Å². The van der Waals surface area contributed by atoms with E-state index in [1.165, 1.54) is 12.1 Å². The van der Waals surface area contributed by atoms with E-state index in [1.54, 1.807) is 0 Å². The number of fused-ring (bicyclic) bond motifs is 6. The molecule has 0 saturated heterocycles. The Morgan fingerprint density at radius 3 is 1.23 bits per heavy atom. The number of rotatable bonds is 0. The van der Waals surface area contributed by atoms with E-state index < -0.39 is 91.0 Å². The largest absolute Gasteiger partial charge is 0.416 e. The summed E-state index contributed by atoms with van der Waals surface area (Å²) in [6.07, 6.45) is -9.78. The van der Waals surface area contributed by atoms with Crippen molar-refractivity contribution < 1.29 is 35.1 Å². The Hall–Kier alpha value is -5.46. The van der Waals surface area contributed by atoms with Crippen molar-refractivity contribution in [3.05, 3.63) is 116 Å². The summed E-state index contributed by atoms with van der Waals surface area (Å²) in [4.78, 5) is 5.95. The fraction of sp³-hybridized carbons (Fsp3) is 0.0714. The number of hydrogen-bond acceptors (Lipinski definition) is 2. The fourth-order valence-corrected chi connectivity index (χ4v) is 4.99. The highest BCUT2D eigenvalue weighted by Gasteiger charge is 2.43. The van der Waals surface area contributed by atoms with E-state index in [-0.39, 0.29) is 11.1 Å². The first-order valence-corrected chi connectivity index (χ1v) is 10.8. The molecule has 0 spiro atoms. The Bertz CT molecular complexity index is 1760. The lowest BCUT2D eigenvalue weighted by Gasteiger charge is -2.13. The molecular weight excluding hydrogens is 544 g/mol. The van der Waals surface area contributed by atoms with E-state index in [0.29, 0.717) is 24.3 Å². The first-order valence-electron chi connectivity index (χ1n) is 10.8. The maximum absolute atomic E-state index is 16.5. The molecule has 0 amide bonds. The number of nitrogens with zero attached hydrogens (tertiary/aromatic N) is 4. The molecule has 3 aromatic carbocycles. The van der Waals surface area contributed by atoms with Gasteiger partial charge in [-0.05, 0) is 46.5 Å². The third kappa shape index (κ3) is 3.47. The lowest BCUT2D eigenvalue weighted by molar-refractivity contribution is -0.138. The highest BCUT2D eigenvalue weighted by atomic mass is 19.4. The lowest BCUT2D eigenvalue weighted by atomic mass is 9.93. The number of hydrogen-bond donors (Lipinski definition) is 0. The second-order valence-corrected chi connectivity index (χ2v) is 8.54. The molecule has 0 aromatic heterocycles. The minimum absolute atomic E-state index is 0.318. The average Bonchev–Trinajstić information content (AvgIpc) is 3.42. The third-order valence-corrected chi connectivity index (χ3v) is 6.56. The number of benzene rings is 3. The molecule has 40 heavy (non-hydrogen) atoms. The normalized spacial score (nSPS) is 15.5. The Kier molecular flexibility index (Phi) is 5.58. The van der Waals surface area contributed by atoms with Gasteiger partial charge in [-0.1, -0.05) is 12.1 Å². The van der Waals surface area contributed by atoms with Crippen LogP contribution in [-0.4, -0.2) is 0 Å². The highest BCUT2D eigenvalue weighted by Crippen LogP contribution is 2.57. The van der Waals surface area contributed by atoms with Crippen LogP contribution in [-0.2, 0) is 12.4 Å². The van der Waals surface area contributed by atoms with Crippen molar-refractivity contribution in [2.75, 3.05) is 0 Å². The molecule has 0 unspecified atom stereocenters. The molecule has 5 rings (SSSR count). The van der Waals surface area contributed by atoms with Crippen LogP contribution in [0.15, 0.2) is 47.8 Å². The number of alkyl halides is 6. The summed E-state index contributed by atoms with van der Waals surface area (Å²) in [5.41, 5.74) is -9.71. The smallest absolute Gasteiger partial charge is 0.226 e. The van der Waals surface area contributed by atoms with Gasteiger partial charge in [-0.15, -0.1) is 0 Å². The summed E-state index contributed by atoms with van der Waals surface area (Å²) >= 11 is 0. The van der Waals surface area contributed by atoms with E-state index in [9.17, 15) is 36.9 Å². The van der Waals surface area contributed by atoms with E-state index in [1.807, 2.05) is 0 Å². The molecule has 12 heteroatoms. The zero-order valence-electron chi connectivity index (χ0n) is 19.3. The number of allylic oxidation sites excluding steroid dienone is 2. The molecule has 0 atom stereocenters. The van der Waals surface area contributed by atoms with Gasteiger partial charge in [0.05, 0.1) is 36.4 Å². The van der Waals surface area contributed by atoms with Crippen LogP contribution in [0, 0.1) is 47.4 Å². The maximum Gasteiger partial charge on any atom is 0.416 e. The second kappa shape index (κ2) is 8.53. The summed E-state index contributed by atoms with van der Waals surface area (Å²) in [6, 6.07) is 6.84. The van der Waals surface area contributed by atoms with E-state index in [2.05, 4.69) is 9.69 Å². The zero-order valence-corrected chi connectivity index (χ0v) is 19.3. The van der Waals surface area contributed by atoms with E-state index in [4.69, 9.17) is 13.1 Å². The molecule has 0 N–H and O–H groups in total. The highest BCUT2D eigenvalue weighted by molar-refractivity contribution is 6.11. The second-order valence-electron chi connectivity index (χ2n) is 8.54. The van der Waals surface area contributed by atoms with E-state index in [0.717, 1.165) is 12.1 Å². The molecule has 0 fully saturated rings. The molecule has 0 bridgehead atoms. The molecular formula is C28H6F8N4. The SMILES string of the molecule is [C-]#[N+]/C(C#N)=C1/c2cc(C(F)(F)F)ccc2-c2c(F)c3c(c(F)c21)-c1ccc(C(F)(F)F)cc1/C3=C(/C#N)[N+]#[C-]. The van der Waals surface area contributed by atoms with Gasteiger partial charge in [-0.25, -0.2) is 29.0 Å². The predicted molar refractivity (Wildman–Crippen MR) is 124 cm³/mol. The Labute approximate surface area is 219 Å². The predicted octanol–water partition coefficient (Wildman–Crippen LogP) is 8.37. The van der Waals surface area contributed by atoms with Gasteiger partial charge in [0.15, 0.2) is 0 Å². The van der Waals surface area contributed by atoms with Gasteiger partial charge < -0.3 is 0 Å². The zero-order chi connectivity index (χ0) is 29.3. The molecule has 4 nitrogen and oxygen atoms in total.